The van der Waals surface area contributed by atoms with Crippen LogP contribution >= 0.6 is 11.3 Å². The zero-order valence-electron chi connectivity index (χ0n) is 17.5. The van der Waals surface area contributed by atoms with Crippen LogP contribution in [-0.2, 0) is 9.59 Å². The summed E-state index contributed by atoms with van der Waals surface area (Å²) < 4.78 is 0. The Hall–Kier alpha value is -4.22. The zero-order chi connectivity index (χ0) is 22.8. The smallest absolute Gasteiger partial charge is 0.266 e. The lowest BCUT2D eigenvalue weighted by atomic mass is 10.1. The fourth-order valence-corrected chi connectivity index (χ4v) is 4.25. The number of hydrogen-bond acceptors (Lipinski definition) is 5. The molecule has 0 atom stereocenters. The molecular formula is C25H19N5O2S. The quantitative estimate of drug-likeness (QED) is 0.276. The number of para-hydroxylation sites is 1. The number of carbonyl (C=O) groups is 2. The third-order valence-corrected chi connectivity index (χ3v) is 6.25. The van der Waals surface area contributed by atoms with Crippen molar-refractivity contribution in [1.82, 2.24) is 9.97 Å². The molecule has 1 saturated carbocycles. The van der Waals surface area contributed by atoms with Crippen LogP contribution in [-0.4, -0.2) is 21.8 Å². The van der Waals surface area contributed by atoms with Crippen LogP contribution in [0.3, 0.4) is 0 Å². The number of amides is 2. The summed E-state index contributed by atoms with van der Waals surface area (Å²) in [5.74, 6) is 0.151. The van der Waals surface area contributed by atoms with Gasteiger partial charge in [0.2, 0.25) is 5.91 Å². The van der Waals surface area contributed by atoms with Gasteiger partial charge < -0.3 is 15.6 Å². The van der Waals surface area contributed by atoms with Crippen molar-refractivity contribution in [2.45, 2.75) is 12.8 Å². The number of fused-ring (bicyclic) bond motifs is 1. The van der Waals surface area contributed by atoms with E-state index in [2.05, 4.69) is 20.6 Å². The Kier molecular flexibility index (Phi) is 5.47. The third kappa shape index (κ3) is 4.40. The summed E-state index contributed by atoms with van der Waals surface area (Å²) in [5.41, 5.74) is 3.16. The largest absolute Gasteiger partial charge is 0.359 e. The first kappa shape index (κ1) is 20.7. The predicted molar refractivity (Wildman–Crippen MR) is 129 cm³/mol. The van der Waals surface area contributed by atoms with Gasteiger partial charge in [-0.3, -0.25) is 9.59 Å². The second kappa shape index (κ2) is 8.73. The molecule has 3 heterocycles. The van der Waals surface area contributed by atoms with Crippen LogP contribution in [0.4, 0.5) is 11.5 Å². The van der Waals surface area contributed by atoms with Crippen molar-refractivity contribution in [2.24, 2.45) is 5.92 Å². The fraction of sp³-hybridized carbons (Fsp3) is 0.120. The molecule has 0 spiro atoms. The molecule has 0 radical (unpaired) electrons. The van der Waals surface area contributed by atoms with Gasteiger partial charge in [-0.15, -0.1) is 11.3 Å². The first-order valence-corrected chi connectivity index (χ1v) is 11.3. The van der Waals surface area contributed by atoms with E-state index in [-0.39, 0.29) is 17.4 Å². The Morgan fingerprint density at radius 1 is 1.18 bits per heavy atom. The van der Waals surface area contributed by atoms with Gasteiger partial charge in [0.05, 0.1) is 11.2 Å². The summed E-state index contributed by atoms with van der Waals surface area (Å²) in [6, 6.07) is 15.0. The number of H-pyrrole nitrogens is 1. The lowest BCUT2D eigenvalue weighted by molar-refractivity contribution is -0.117. The van der Waals surface area contributed by atoms with E-state index in [1.54, 1.807) is 18.3 Å². The average molecular weight is 454 g/mol. The first-order chi connectivity index (χ1) is 16.1. The maximum atomic E-state index is 12.7. The van der Waals surface area contributed by atoms with Gasteiger partial charge in [-0.05, 0) is 54.1 Å². The van der Waals surface area contributed by atoms with Crippen molar-refractivity contribution < 1.29 is 9.59 Å². The molecule has 3 aromatic heterocycles. The average Bonchev–Trinajstić information content (AvgIpc) is 3.38. The second-order valence-electron chi connectivity index (χ2n) is 7.76. The minimum absolute atomic E-state index is 0.00692. The molecule has 0 unspecified atom stereocenters. The van der Waals surface area contributed by atoms with E-state index in [9.17, 15) is 14.9 Å². The molecule has 1 aliphatic carbocycles. The number of aromatic nitrogens is 2. The molecule has 33 heavy (non-hydrogen) atoms. The summed E-state index contributed by atoms with van der Waals surface area (Å²) in [4.78, 5) is 33.2. The van der Waals surface area contributed by atoms with Crippen LogP contribution in [0.2, 0.25) is 0 Å². The Bertz CT molecular complexity index is 1420. The lowest BCUT2D eigenvalue weighted by Gasteiger charge is -2.07. The zero-order valence-corrected chi connectivity index (χ0v) is 18.3. The van der Waals surface area contributed by atoms with E-state index in [0.717, 1.165) is 39.7 Å². The van der Waals surface area contributed by atoms with Crippen LogP contribution in [0.1, 0.15) is 17.7 Å². The molecule has 1 fully saturated rings. The molecule has 162 valence electrons. The molecule has 3 N–H and O–H groups in total. The number of anilines is 2. The summed E-state index contributed by atoms with van der Waals surface area (Å²) in [6.07, 6.45) is 6.96. The number of thiophene rings is 1. The van der Waals surface area contributed by atoms with Gasteiger partial charge in [0.15, 0.2) is 0 Å². The molecule has 2 amide bonds. The van der Waals surface area contributed by atoms with E-state index in [0.29, 0.717) is 11.5 Å². The number of hydrogen-bond donors (Lipinski definition) is 3. The molecular weight excluding hydrogens is 434 g/mol. The monoisotopic (exact) mass is 453 g/mol. The van der Waals surface area contributed by atoms with Gasteiger partial charge in [-0.1, -0.05) is 18.2 Å². The van der Waals surface area contributed by atoms with E-state index in [1.165, 1.54) is 11.3 Å². The summed E-state index contributed by atoms with van der Waals surface area (Å²) in [7, 11) is 0. The summed E-state index contributed by atoms with van der Waals surface area (Å²) >= 11 is 1.46. The minimum atomic E-state index is -0.469. The van der Waals surface area contributed by atoms with Crippen LogP contribution in [0.5, 0.6) is 0 Å². The number of aromatic amines is 1. The maximum Gasteiger partial charge on any atom is 0.266 e. The highest BCUT2D eigenvalue weighted by Crippen LogP contribution is 2.34. The van der Waals surface area contributed by atoms with Crippen molar-refractivity contribution in [1.29, 1.82) is 5.26 Å². The third-order valence-electron chi connectivity index (χ3n) is 5.43. The van der Waals surface area contributed by atoms with Gasteiger partial charge in [0, 0.05) is 34.1 Å². The maximum absolute atomic E-state index is 12.7. The normalized spacial score (nSPS) is 13.5. The minimum Gasteiger partial charge on any atom is -0.359 e. The highest BCUT2D eigenvalue weighted by Gasteiger charge is 2.29. The second-order valence-corrected chi connectivity index (χ2v) is 8.74. The molecule has 0 saturated heterocycles. The van der Waals surface area contributed by atoms with Crippen molar-refractivity contribution >= 4 is 51.6 Å². The van der Waals surface area contributed by atoms with Crippen LogP contribution < -0.4 is 10.6 Å². The van der Waals surface area contributed by atoms with Crippen molar-refractivity contribution in [3.8, 4) is 17.2 Å². The number of nitrogens with one attached hydrogen (secondary N) is 3. The molecule has 0 aliphatic heterocycles. The van der Waals surface area contributed by atoms with E-state index in [4.69, 9.17) is 0 Å². The number of rotatable bonds is 6. The Morgan fingerprint density at radius 2 is 2.06 bits per heavy atom. The number of benzene rings is 1. The van der Waals surface area contributed by atoms with E-state index < -0.39 is 5.91 Å². The van der Waals surface area contributed by atoms with Crippen molar-refractivity contribution in [3.05, 3.63) is 70.7 Å². The van der Waals surface area contributed by atoms with Gasteiger partial charge in [-0.2, -0.15) is 5.26 Å². The highest BCUT2D eigenvalue weighted by molar-refractivity contribution is 7.10. The Labute approximate surface area is 193 Å². The van der Waals surface area contributed by atoms with Crippen molar-refractivity contribution in [3.63, 3.8) is 0 Å². The van der Waals surface area contributed by atoms with Gasteiger partial charge in [0.25, 0.3) is 5.91 Å². The van der Waals surface area contributed by atoms with Crippen LogP contribution in [0.15, 0.2) is 65.8 Å². The number of pyridine rings is 1. The van der Waals surface area contributed by atoms with E-state index in [1.807, 2.05) is 54.0 Å². The van der Waals surface area contributed by atoms with E-state index >= 15 is 0 Å². The fourth-order valence-electron chi connectivity index (χ4n) is 3.59. The molecule has 0 bridgehead atoms. The van der Waals surface area contributed by atoms with Crippen LogP contribution in [0, 0.1) is 17.2 Å². The topological polar surface area (TPSA) is 111 Å². The van der Waals surface area contributed by atoms with Gasteiger partial charge in [-0.25, -0.2) is 4.98 Å². The molecule has 4 aromatic rings. The Balaban J connectivity index is 1.42. The number of nitrogens with zero attached hydrogens (tertiary/aromatic N) is 2. The molecule has 8 heteroatoms. The first-order valence-electron chi connectivity index (χ1n) is 10.5. The lowest BCUT2D eigenvalue weighted by Crippen LogP contribution is -2.14. The van der Waals surface area contributed by atoms with Crippen LogP contribution in [0.25, 0.3) is 28.1 Å². The number of carbonyl (C=O) groups excluding carboxylic acids is 2. The van der Waals surface area contributed by atoms with Gasteiger partial charge >= 0.3 is 0 Å². The summed E-state index contributed by atoms with van der Waals surface area (Å²) in [6.45, 7) is 0. The highest BCUT2D eigenvalue weighted by atomic mass is 32.1. The molecule has 1 aromatic carbocycles. The molecule has 7 nitrogen and oxygen atoms in total. The predicted octanol–water partition coefficient (Wildman–Crippen LogP) is 5.19. The summed E-state index contributed by atoms with van der Waals surface area (Å²) in [5, 5.41) is 18.0. The molecule has 5 rings (SSSR count). The Morgan fingerprint density at radius 3 is 2.82 bits per heavy atom. The standard InChI is InChI=1S/C25H19N5O2S/c26-13-17(11-18-3-2-10-33-18)25(32)29-21-5-1-4-19-20(14-28-23(19)21)16-8-9-27-22(12-16)30-24(31)15-6-7-15/h1-5,8-12,14-15,28H,6-7H2,(H,29,32)(H,27,30,31). The number of nitriles is 1. The molecule has 1 aliphatic rings. The SMILES string of the molecule is N#CC(=Cc1cccs1)C(=O)Nc1cccc2c(-c3ccnc(NC(=O)C4CC4)c3)c[nH]c12. The van der Waals surface area contributed by atoms with Crippen molar-refractivity contribution in [2.75, 3.05) is 10.6 Å². The van der Waals surface area contributed by atoms with Gasteiger partial charge in [0.1, 0.15) is 17.5 Å².